The SMILES string of the molecule is OCc1cc(F)cc(N2CCC(CN3CCCC3)CC2)c1. The van der Waals surface area contributed by atoms with Crippen LogP contribution in [0, 0.1) is 11.7 Å². The summed E-state index contributed by atoms with van der Waals surface area (Å²) in [6.45, 7) is 5.66. The van der Waals surface area contributed by atoms with Crippen molar-refractivity contribution in [2.75, 3.05) is 37.6 Å². The summed E-state index contributed by atoms with van der Waals surface area (Å²) in [5, 5.41) is 9.20. The molecule has 0 radical (unpaired) electrons. The lowest BCUT2D eigenvalue weighted by Crippen LogP contribution is -2.38. The molecular formula is C17H25FN2O. The standard InChI is InChI=1S/C17H25FN2O/c18-16-9-15(13-21)10-17(11-16)20-7-3-14(4-8-20)12-19-5-1-2-6-19/h9-11,14,21H,1-8,12-13H2. The third-order valence-corrected chi connectivity index (χ3v) is 4.82. The van der Waals surface area contributed by atoms with Crippen molar-refractivity contribution in [1.29, 1.82) is 0 Å². The summed E-state index contributed by atoms with van der Waals surface area (Å²) in [7, 11) is 0. The molecule has 0 amide bonds. The summed E-state index contributed by atoms with van der Waals surface area (Å²) >= 11 is 0. The molecule has 0 bridgehead atoms. The van der Waals surface area contributed by atoms with E-state index in [2.05, 4.69) is 9.80 Å². The predicted octanol–water partition coefficient (Wildman–Crippen LogP) is 2.63. The average Bonchev–Trinajstić information content (AvgIpc) is 3.00. The number of aliphatic hydroxyl groups excluding tert-OH is 1. The highest BCUT2D eigenvalue weighted by Crippen LogP contribution is 2.26. The van der Waals surface area contributed by atoms with Crippen LogP contribution >= 0.6 is 0 Å². The summed E-state index contributed by atoms with van der Waals surface area (Å²) in [6, 6.07) is 4.90. The molecule has 2 saturated heterocycles. The van der Waals surface area contributed by atoms with Gasteiger partial charge in [-0.3, -0.25) is 0 Å². The lowest BCUT2D eigenvalue weighted by atomic mass is 9.95. The number of nitrogens with zero attached hydrogens (tertiary/aromatic N) is 2. The first-order valence-corrected chi connectivity index (χ1v) is 8.12. The highest BCUT2D eigenvalue weighted by atomic mass is 19.1. The predicted molar refractivity (Wildman–Crippen MR) is 82.9 cm³/mol. The quantitative estimate of drug-likeness (QED) is 0.924. The molecule has 2 heterocycles. The second kappa shape index (κ2) is 6.75. The molecule has 1 N–H and O–H groups in total. The smallest absolute Gasteiger partial charge is 0.125 e. The molecule has 0 unspecified atom stereocenters. The molecule has 0 aromatic heterocycles. The van der Waals surface area contributed by atoms with Gasteiger partial charge in [0.1, 0.15) is 5.82 Å². The van der Waals surface area contributed by atoms with Crippen molar-refractivity contribution >= 4 is 5.69 Å². The maximum absolute atomic E-state index is 13.6. The van der Waals surface area contributed by atoms with Crippen LogP contribution in [-0.4, -0.2) is 42.7 Å². The molecule has 3 nitrogen and oxygen atoms in total. The number of aliphatic hydroxyl groups is 1. The Hall–Kier alpha value is -1.13. The van der Waals surface area contributed by atoms with Crippen LogP contribution in [0.3, 0.4) is 0 Å². The van der Waals surface area contributed by atoms with Crippen molar-refractivity contribution in [3.05, 3.63) is 29.6 Å². The molecule has 0 aliphatic carbocycles. The van der Waals surface area contributed by atoms with Crippen LogP contribution < -0.4 is 4.90 Å². The van der Waals surface area contributed by atoms with Gasteiger partial charge in [0.05, 0.1) is 6.61 Å². The van der Waals surface area contributed by atoms with Gasteiger partial charge in [0, 0.05) is 25.3 Å². The fraction of sp³-hybridized carbons (Fsp3) is 0.647. The van der Waals surface area contributed by atoms with Gasteiger partial charge in [-0.1, -0.05) is 0 Å². The van der Waals surface area contributed by atoms with E-state index in [0.29, 0.717) is 5.56 Å². The minimum Gasteiger partial charge on any atom is -0.392 e. The molecular weight excluding hydrogens is 267 g/mol. The molecule has 21 heavy (non-hydrogen) atoms. The van der Waals surface area contributed by atoms with Crippen LogP contribution in [-0.2, 0) is 6.61 Å². The van der Waals surface area contributed by atoms with E-state index in [0.717, 1.165) is 24.7 Å². The molecule has 3 rings (SSSR count). The third-order valence-electron chi connectivity index (χ3n) is 4.82. The fourth-order valence-corrected chi connectivity index (χ4v) is 3.61. The number of likely N-dealkylation sites (tertiary alicyclic amines) is 1. The van der Waals surface area contributed by atoms with Gasteiger partial charge in [0.2, 0.25) is 0 Å². The van der Waals surface area contributed by atoms with E-state index in [1.807, 2.05) is 6.07 Å². The average molecular weight is 292 g/mol. The number of anilines is 1. The zero-order chi connectivity index (χ0) is 14.7. The Morgan fingerprint density at radius 3 is 2.43 bits per heavy atom. The van der Waals surface area contributed by atoms with Crippen LogP contribution in [0.1, 0.15) is 31.2 Å². The first-order valence-electron chi connectivity index (χ1n) is 8.12. The number of halogens is 1. The van der Waals surface area contributed by atoms with E-state index >= 15 is 0 Å². The van der Waals surface area contributed by atoms with E-state index in [4.69, 9.17) is 0 Å². The largest absolute Gasteiger partial charge is 0.392 e. The molecule has 2 fully saturated rings. The zero-order valence-electron chi connectivity index (χ0n) is 12.6. The number of piperidine rings is 1. The van der Waals surface area contributed by atoms with Gasteiger partial charge >= 0.3 is 0 Å². The Kier molecular flexibility index (Phi) is 4.76. The maximum Gasteiger partial charge on any atom is 0.125 e. The van der Waals surface area contributed by atoms with E-state index in [-0.39, 0.29) is 12.4 Å². The summed E-state index contributed by atoms with van der Waals surface area (Å²) in [5.41, 5.74) is 1.57. The van der Waals surface area contributed by atoms with Crippen LogP contribution in [0.25, 0.3) is 0 Å². The van der Waals surface area contributed by atoms with Crippen molar-refractivity contribution in [3.8, 4) is 0 Å². The van der Waals surface area contributed by atoms with Crippen molar-refractivity contribution in [1.82, 2.24) is 4.90 Å². The molecule has 1 aromatic rings. The van der Waals surface area contributed by atoms with Crippen molar-refractivity contribution in [2.24, 2.45) is 5.92 Å². The van der Waals surface area contributed by atoms with Gasteiger partial charge in [-0.25, -0.2) is 4.39 Å². The van der Waals surface area contributed by atoms with E-state index in [1.54, 1.807) is 6.07 Å². The molecule has 0 atom stereocenters. The van der Waals surface area contributed by atoms with E-state index in [1.165, 1.54) is 51.4 Å². The van der Waals surface area contributed by atoms with Crippen LogP contribution in [0.4, 0.5) is 10.1 Å². The highest BCUT2D eigenvalue weighted by Gasteiger charge is 2.23. The van der Waals surface area contributed by atoms with E-state index in [9.17, 15) is 9.50 Å². The lowest BCUT2D eigenvalue weighted by molar-refractivity contribution is 0.249. The summed E-state index contributed by atoms with van der Waals surface area (Å²) in [4.78, 5) is 4.84. The minimum absolute atomic E-state index is 0.101. The van der Waals surface area contributed by atoms with E-state index < -0.39 is 0 Å². The van der Waals surface area contributed by atoms with Gasteiger partial charge < -0.3 is 14.9 Å². The van der Waals surface area contributed by atoms with Crippen molar-refractivity contribution in [2.45, 2.75) is 32.3 Å². The monoisotopic (exact) mass is 292 g/mol. The van der Waals surface area contributed by atoms with Crippen LogP contribution in [0.15, 0.2) is 18.2 Å². The third kappa shape index (κ3) is 3.74. The molecule has 2 aliphatic heterocycles. The van der Waals surface area contributed by atoms with Gasteiger partial charge in [0.15, 0.2) is 0 Å². The van der Waals surface area contributed by atoms with Gasteiger partial charge in [-0.15, -0.1) is 0 Å². The number of rotatable bonds is 4. The summed E-state index contributed by atoms with van der Waals surface area (Å²) in [5.74, 6) is 0.529. The Morgan fingerprint density at radius 1 is 1.05 bits per heavy atom. The fourth-order valence-electron chi connectivity index (χ4n) is 3.61. The molecule has 1 aromatic carbocycles. The molecule has 0 spiro atoms. The topological polar surface area (TPSA) is 26.7 Å². The second-order valence-corrected chi connectivity index (χ2v) is 6.41. The Morgan fingerprint density at radius 2 is 1.76 bits per heavy atom. The van der Waals surface area contributed by atoms with Crippen molar-refractivity contribution in [3.63, 3.8) is 0 Å². The Bertz CT molecular complexity index is 466. The molecule has 0 saturated carbocycles. The summed E-state index contributed by atoms with van der Waals surface area (Å²) < 4.78 is 13.6. The number of hydrogen-bond donors (Lipinski definition) is 1. The van der Waals surface area contributed by atoms with Crippen LogP contribution in [0.5, 0.6) is 0 Å². The lowest BCUT2D eigenvalue weighted by Gasteiger charge is -2.35. The highest BCUT2D eigenvalue weighted by molar-refractivity contribution is 5.49. The minimum atomic E-state index is -0.254. The molecule has 116 valence electrons. The first-order chi connectivity index (χ1) is 10.2. The number of hydrogen-bond acceptors (Lipinski definition) is 3. The Balaban J connectivity index is 1.56. The normalized spacial score (nSPS) is 21.1. The van der Waals surface area contributed by atoms with Crippen molar-refractivity contribution < 1.29 is 9.50 Å². The van der Waals surface area contributed by atoms with Gasteiger partial charge in [0.25, 0.3) is 0 Å². The first kappa shape index (κ1) is 14.8. The second-order valence-electron chi connectivity index (χ2n) is 6.41. The molecule has 2 aliphatic rings. The zero-order valence-corrected chi connectivity index (χ0v) is 12.6. The molecule has 4 heteroatoms. The van der Waals surface area contributed by atoms with Gasteiger partial charge in [-0.2, -0.15) is 0 Å². The number of benzene rings is 1. The maximum atomic E-state index is 13.6. The van der Waals surface area contributed by atoms with Crippen LogP contribution in [0.2, 0.25) is 0 Å². The van der Waals surface area contributed by atoms with Gasteiger partial charge in [-0.05, 0) is 68.5 Å². The summed E-state index contributed by atoms with van der Waals surface area (Å²) in [6.07, 6.45) is 5.07. The Labute approximate surface area is 126 Å².